The number of halogens is 1. The number of amides is 1. The number of carboxylic acids is 1. The van der Waals surface area contributed by atoms with E-state index in [4.69, 9.17) is 12.2 Å². The molecule has 0 saturated carbocycles. The maximum atomic E-state index is 13.0. The summed E-state index contributed by atoms with van der Waals surface area (Å²) < 4.78 is 13.3. The number of thioether (sulfide) groups is 1. The molecule has 0 bridgehead atoms. The summed E-state index contributed by atoms with van der Waals surface area (Å²) in [6.07, 6.45) is 1.63. The van der Waals surface area contributed by atoms with Gasteiger partial charge in [0.05, 0.1) is 16.2 Å². The molecule has 0 atom stereocenters. The molecule has 0 aromatic heterocycles. The van der Waals surface area contributed by atoms with E-state index in [1.54, 1.807) is 37.3 Å². The van der Waals surface area contributed by atoms with Crippen LogP contribution in [0.15, 0.2) is 47.4 Å². The van der Waals surface area contributed by atoms with Crippen LogP contribution in [0.5, 0.6) is 0 Å². The highest BCUT2D eigenvalue weighted by atomic mass is 32.2. The number of thiocarbonyl (C=S) groups is 1. The minimum Gasteiger partial charge on any atom is -0.478 e. The van der Waals surface area contributed by atoms with Gasteiger partial charge >= 0.3 is 5.97 Å². The Morgan fingerprint density at radius 3 is 2.56 bits per heavy atom. The fourth-order valence-corrected chi connectivity index (χ4v) is 3.68. The molecule has 25 heavy (non-hydrogen) atoms. The summed E-state index contributed by atoms with van der Waals surface area (Å²) >= 11 is 6.40. The second-order valence-corrected chi connectivity index (χ2v) is 7.05. The summed E-state index contributed by atoms with van der Waals surface area (Å²) in [5.74, 6) is -1.75. The van der Waals surface area contributed by atoms with Gasteiger partial charge in [-0.05, 0) is 48.4 Å². The highest BCUT2D eigenvalue weighted by molar-refractivity contribution is 8.27. The standard InChI is InChI=1S/C18H12FNO3S2/c1-10-2-7-13(9-14(10)17(22)23)20-16(21)15(25-18(20)24)8-11-3-5-12(19)6-4-11/h2-9H,1H3,(H,22,23). The highest BCUT2D eigenvalue weighted by Crippen LogP contribution is 2.36. The van der Waals surface area contributed by atoms with Gasteiger partial charge in [-0.3, -0.25) is 9.69 Å². The zero-order valence-corrected chi connectivity index (χ0v) is 14.7. The number of carbonyl (C=O) groups is 2. The lowest BCUT2D eigenvalue weighted by Crippen LogP contribution is -2.27. The van der Waals surface area contributed by atoms with Crippen molar-refractivity contribution in [1.29, 1.82) is 0 Å². The zero-order chi connectivity index (χ0) is 18.1. The lowest BCUT2D eigenvalue weighted by molar-refractivity contribution is -0.113. The highest BCUT2D eigenvalue weighted by Gasteiger charge is 2.33. The topological polar surface area (TPSA) is 57.6 Å². The van der Waals surface area contributed by atoms with Gasteiger partial charge in [0.2, 0.25) is 0 Å². The lowest BCUT2D eigenvalue weighted by Gasteiger charge is -2.15. The molecule has 1 fully saturated rings. The van der Waals surface area contributed by atoms with Gasteiger partial charge in [0.15, 0.2) is 4.32 Å². The quantitative estimate of drug-likeness (QED) is 0.644. The van der Waals surface area contributed by atoms with Crippen LogP contribution in [0.2, 0.25) is 0 Å². The van der Waals surface area contributed by atoms with Crippen LogP contribution < -0.4 is 4.90 Å². The molecule has 1 heterocycles. The van der Waals surface area contributed by atoms with Crippen LogP contribution in [0.3, 0.4) is 0 Å². The molecule has 1 N–H and O–H groups in total. The molecule has 0 unspecified atom stereocenters. The number of hydrogen-bond acceptors (Lipinski definition) is 4. The number of anilines is 1. The maximum absolute atomic E-state index is 13.0. The van der Waals surface area contributed by atoms with E-state index in [-0.39, 0.29) is 17.3 Å². The second-order valence-electron chi connectivity index (χ2n) is 5.37. The monoisotopic (exact) mass is 373 g/mol. The van der Waals surface area contributed by atoms with E-state index in [1.165, 1.54) is 23.1 Å². The number of rotatable bonds is 3. The molecule has 2 aromatic rings. The average Bonchev–Trinajstić information content (AvgIpc) is 2.84. The van der Waals surface area contributed by atoms with Crippen molar-refractivity contribution < 1.29 is 19.1 Å². The van der Waals surface area contributed by atoms with Crippen molar-refractivity contribution in [2.75, 3.05) is 4.90 Å². The van der Waals surface area contributed by atoms with Crippen LogP contribution >= 0.6 is 24.0 Å². The fraction of sp³-hybridized carbons (Fsp3) is 0.0556. The van der Waals surface area contributed by atoms with Crippen LogP contribution in [0.25, 0.3) is 6.08 Å². The number of aromatic carboxylic acids is 1. The lowest BCUT2D eigenvalue weighted by atomic mass is 10.1. The molecule has 2 aromatic carbocycles. The first-order valence-corrected chi connectivity index (χ1v) is 8.47. The van der Waals surface area contributed by atoms with Crippen LogP contribution in [0.1, 0.15) is 21.5 Å². The van der Waals surface area contributed by atoms with Crippen molar-refractivity contribution in [3.63, 3.8) is 0 Å². The molecule has 3 rings (SSSR count). The SMILES string of the molecule is Cc1ccc(N2C(=O)C(=Cc3ccc(F)cc3)SC2=S)cc1C(=O)O. The Kier molecular flexibility index (Phi) is 4.69. The first kappa shape index (κ1) is 17.3. The van der Waals surface area contributed by atoms with Crippen molar-refractivity contribution in [3.05, 3.63) is 69.9 Å². The van der Waals surface area contributed by atoms with E-state index in [0.29, 0.717) is 26.0 Å². The Bertz CT molecular complexity index is 922. The van der Waals surface area contributed by atoms with Crippen molar-refractivity contribution >= 4 is 51.9 Å². The largest absolute Gasteiger partial charge is 0.478 e. The second kappa shape index (κ2) is 6.78. The van der Waals surface area contributed by atoms with Gasteiger partial charge in [0.1, 0.15) is 5.82 Å². The Labute approximate surface area is 153 Å². The summed E-state index contributed by atoms with van der Waals surface area (Å²) in [4.78, 5) is 25.7. The molecule has 4 nitrogen and oxygen atoms in total. The van der Waals surface area contributed by atoms with E-state index in [2.05, 4.69) is 0 Å². The fourth-order valence-electron chi connectivity index (χ4n) is 2.38. The molecular formula is C18H12FNO3S2. The summed E-state index contributed by atoms with van der Waals surface area (Å²) in [6.45, 7) is 1.69. The molecule has 0 radical (unpaired) electrons. The van der Waals surface area contributed by atoms with Crippen molar-refractivity contribution in [2.45, 2.75) is 6.92 Å². The zero-order valence-electron chi connectivity index (χ0n) is 13.0. The smallest absolute Gasteiger partial charge is 0.336 e. The Morgan fingerprint density at radius 1 is 1.24 bits per heavy atom. The van der Waals surface area contributed by atoms with E-state index in [0.717, 1.165) is 11.8 Å². The number of hydrogen-bond donors (Lipinski definition) is 1. The molecule has 1 saturated heterocycles. The average molecular weight is 373 g/mol. The van der Waals surface area contributed by atoms with Gasteiger partial charge in [-0.1, -0.05) is 42.2 Å². The van der Waals surface area contributed by atoms with Crippen molar-refractivity contribution in [2.24, 2.45) is 0 Å². The van der Waals surface area contributed by atoms with Gasteiger partial charge in [-0.2, -0.15) is 0 Å². The minimum atomic E-state index is -1.06. The Morgan fingerprint density at radius 2 is 1.92 bits per heavy atom. The third-order valence-corrected chi connectivity index (χ3v) is 4.97. The molecule has 7 heteroatoms. The Balaban J connectivity index is 1.95. The molecule has 0 aliphatic carbocycles. The van der Waals surface area contributed by atoms with Crippen LogP contribution in [-0.4, -0.2) is 21.3 Å². The van der Waals surface area contributed by atoms with Gasteiger partial charge in [-0.15, -0.1) is 0 Å². The third kappa shape index (κ3) is 3.47. The van der Waals surface area contributed by atoms with E-state index in [9.17, 15) is 19.1 Å². The van der Waals surface area contributed by atoms with Gasteiger partial charge in [0.25, 0.3) is 5.91 Å². The number of nitrogens with zero attached hydrogens (tertiary/aromatic N) is 1. The maximum Gasteiger partial charge on any atom is 0.336 e. The molecule has 126 valence electrons. The van der Waals surface area contributed by atoms with Crippen LogP contribution in [0, 0.1) is 12.7 Å². The van der Waals surface area contributed by atoms with Gasteiger partial charge in [0, 0.05) is 0 Å². The van der Waals surface area contributed by atoms with Crippen molar-refractivity contribution in [3.8, 4) is 0 Å². The summed E-state index contributed by atoms with van der Waals surface area (Å²) in [7, 11) is 0. The Hall–Kier alpha value is -2.51. The predicted octanol–water partition coefficient (Wildman–Crippen LogP) is 4.24. The minimum absolute atomic E-state index is 0.120. The van der Waals surface area contributed by atoms with Crippen LogP contribution in [0.4, 0.5) is 10.1 Å². The van der Waals surface area contributed by atoms with E-state index >= 15 is 0 Å². The summed E-state index contributed by atoms with van der Waals surface area (Å²) in [5.41, 5.74) is 1.81. The first-order chi connectivity index (χ1) is 11.9. The first-order valence-electron chi connectivity index (χ1n) is 7.24. The number of carbonyl (C=O) groups excluding carboxylic acids is 1. The van der Waals surface area contributed by atoms with E-state index < -0.39 is 5.97 Å². The van der Waals surface area contributed by atoms with Gasteiger partial charge < -0.3 is 5.11 Å². The van der Waals surface area contributed by atoms with Gasteiger partial charge in [-0.25, -0.2) is 9.18 Å². The molecular weight excluding hydrogens is 361 g/mol. The summed E-state index contributed by atoms with van der Waals surface area (Å²) in [6, 6.07) is 10.5. The number of carboxylic acid groups (broad SMARTS) is 1. The molecule has 0 spiro atoms. The number of aryl methyl sites for hydroxylation is 1. The molecule has 1 amide bonds. The predicted molar refractivity (Wildman–Crippen MR) is 100 cm³/mol. The molecule has 1 aliphatic rings. The van der Waals surface area contributed by atoms with E-state index in [1.807, 2.05) is 0 Å². The van der Waals surface area contributed by atoms with Crippen LogP contribution in [-0.2, 0) is 4.79 Å². The van der Waals surface area contributed by atoms with Crippen molar-refractivity contribution in [1.82, 2.24) is 0 Å². The number of benzene rings is 2. The summed E-state index contributed by atoms with van der Waals surface area (Å²) in [5, 5.41) is 9.25. The molecule has 1 aliphatic heterocycles. The third-order valence-electron chi connectivity index (χ3n) is 3.67. The normalized spacial score (nSPS) is 15.9.